The molecule has 1 heterocycles. The van der Waals surface area contributed by atoms with Gasteiger partial charge < -0.3 is 20.5 Å². The Morgan fingerprint density at radius 1 is 1.17 bits per heavy atom. The topological polar surface area (TPSA) is 69.4 Å². The predicted molar refractivity (Wildman–Crippen MR) is 71.5 cm³/mol. The Labute approximate surface area is 106 Å². The molecule has 0 fully saturated rings. The highest BCUT2D eigenvalue weighted by atomic mass is 16.5. The molecule has 3 N–H and O–H groups in total. The molecule has 0 aliphatic heterocycles. The monoisotopic (exact) mass is 245 g/mol. The molecule has 2 rings (SSSR count). The van der Waals surface area contributed by atoms with Gasteiger partial charge in [0.25, 0.3) is 0 Å². The number of hydrogen-bond donors (Lipinski definition) is 2. The molecular weight excluding hydrogens is 230 g/mol. The van der Waals surface area contributed by atoms with Crippen LogP contribution in [0.4, 0.5) is 17.2 Å². The van der Waals surface area contributed by atoms with Crippen LogP contribution in [-0.4, -0.2) is 19.2 Å². The summed E-state index contributed by atoms with van der Waals surface area (Å²) in [6.07, 6.45) is 1.68. The Morgan fingerprint density at radius 3 is 2.67 bits per heavy atom. The van der Waals surface area contributed by atoms with E-state index in [0.29, 0.717) is 17.3 Å². The molecule has 0 amide bonds. The first kappa shape index (κ1) is 12.0. The van der Waals surface area contributed by atoms with Crippen molar-refractivity contribution in [1.29, 1.82) is 0 Å². The van der Waals surface area contributed by atoms with Gasteiger partial charge in [-0.2, -0.15) is 0 Å². The van der Waals surface area contributed by atoms with Crippen LogP contribution in [-0.2, 0) is 0 Å². The summed E-state index contributed by atoms with van der Waals surface area (Å²) in [5.74, 6) is 1.99. The van der Waals surface area contributed by atoms with Gasteiger partial charge in [0, 0.05) is 12.3 Å². The van der Waals surface area contributed by atoms with E-state index >= 15 is 0 Å². The van der Waals surface area contributed by atoms with Crippen LogP contribution in [0, 0.1) is 0 Å². The zero-order valence-electron chi connectivity index (χ0n) is 10.3. The van der Waals surface area contributed by atoms with E-state index in [1.807, 2.05) is 12.1 Å². The molecule has 0 saturated heterocycles. The standard InChI is InChI=1S/C13H15N3O2/c1-17-9-5-6-11(12(8-9)18-2)16-13-10(14)4-3-7-15-13/h3-8H,14H2,1-2H3,(H,15,16). The first-order valence-corrected chi connectivity index (χ1v) is 5.44. The molecule has 0 aliphatic rings. The van der Waals surface area contributed by atoms with E-state index in [0.717, 1.165) is 11.4 Å². The van der Waals surface area contributed by atoms with Crippen LogP contribution in [0.2, 0.25) is 0 Å². The van der Waals surface area contributed by atoms with Crippen molar-refractivity contribution in [3.63, 3.8) is 0 Å². The van der Waals surface area contributed by atoms with Crippen LogP contribution in [0.1, 0.15) is 0 Å². The smallest absolute Gasteiger partial charge is 0.153 e. The number of ether oxygens (including phenoxy) is 2. The van der Waals surface area contributed by atoms with Gasteiger partial charge in [-0.15, -0.1) is 0 Å². The van der Waals surface area contributed by atoms with E-state index in [4.69, 9.17) is 15.2 Å². The quantitative estimate of drug-likeness (QED) is 0.865. The lowest BCUT2D eigenvalue weighted by molar-refractivity contribution is 0.395. The second-order valence-electron chi connectivity index (χ2n) is 3.63. The fraction of sp³-hybridized carbons (Fsp3) is 0.154. The number of pyridine rings is 1. The van der Waals surface area contributed by atoms with Gasteiger partial charge >= 0.3 is 0 Å². The molecule has 1 aromatic heterocycles. The zero-order chi connectivity index (χ0) is 13.0. The van der Waals surface area contributed by atoms with Crippen LogP contribution in [0.3, 0.4) is 0 Å². The molecular formula is C13H15N3O2. The predicted octanol–water partition coefficient (Wildman–Crippen LogP) is 2.42. The SMILES string of the molecule is COc1ccc(Nc2ncccc2N)c(OC)c1. The maximum absolute atomic E-state index is 5.83. The fourth-order valence-corrected chi connectivity index (χ4v) is 1.55. The van der Waals surface area contributed by atoms with E-state index in [2.05, 4.69) is 10.3 Å². The van der Waals surface area contributed by atoms with Crippen LogP contribution in [0.5, 0.6) is 11.5 Å². The maximum Gasteiger partial charge on any atom is 0.153 e. The number of nitrogen functional groups attached to an aromatic ring is 1. The second kappa shape index (κ2) is 5.27. The van der Waals surface area contributed by atoms with Gasteiger partial charge in [-0.25, -0.2) is 4.98 Å². The first-order valence-electron chi connectivity index (χ1n) is 5.44. The van der Waals surface area contributed by atoms with Gasteiger partial charge in [0.1, 0.15) is 11.5 Å². The molecule has 0 aliphatic carbocycles. The zero-order valence-corrected chi connectivity index (χ0v) is 10.3. The molecule has 2 aromatic rings. The highest BCUT2D eigenvalue weighted by Crippen LogP contribution is 2.32. The van der Waals surface area contributed by atoms with Crippen molar-refractivity contribution in [1.82, 2.24) is 4.98 Å². The van der Waals surface area contributed by atoms with Crippen molar-refractivity contribution in [3.05, 3.63) is 36.5 Å². The largest absolute Gasteiger partial charge is 0.497 e. The van der Waals surface area contributed by atoms with Crippen LogP contribution in [0.25, 0.3) is 0 Å². The minimum Gasteiger partial charge on any atom is -0.497 e. The number of benzene rings is 1. The fourth-order valence-electron chi connectivity index (χ4n) is 1.55. The third-order valence-electron chi connectivity index (χ3n) is 2.50. The Morgan fingerprint density at radius 2 is 2.00 bits per heavy atom. The number of methoxy groups -OCH3 is 2. The summed E-state index contributed by atoms with van der Waals surface area (Å²) in [5, 5.41) is 3.13. The van der Waals surface area contributed by atoms with Crippen molar-refractivity contribution in [2.45, 2.75) is 0 Å². The summed E-state index contributed by atoms with van der Waals surface area (Å²) in [6, 6.07) is 9.05. The van der Waals surface area contributed by atoms with Gasteiger partial charge in [-0.05, 0) is 24.3 Å². The highest BCUT2D eigenvalue weighted by Gasteiger charge is 2.07. The number of anilines is 3. The highest BCUT2D eigenvalue weighted by molar-refractivity contribution is 5.72. The number of aromatic nitrogens is 1. The van der Waals surface area contributed by atoms with Gasteiger partial charge in [0.05, 0.1) is 25.6 Å². The normalized spacial score (nSPS) is 9.89. The summed E-state index contributed by atoms with van der Waals surface area (Å²) in [6.45, 7) is 0. The van der Waals surface area contributed by atoms with Crippen molar-refractivity contribution in [2.75, 3.05) is 25.3 Å². The van der Waals surface area contributed by atoms with Crippen molar-refractivity contribution in [2.24, 2.45) is 0 Å². The van der Waals surface area contributed by atoms with Crippen LogP contribution < -0.4 is 20.5 Å². The molecule has 1 aromatic carbocycles. The molecule has 0 spiro atoms. The summed E-state index contributed by atoms with van der Waals surface area (Å²) in [5.41, 5.74) is 7.19. The lowest BCUT2D eigenvalue weighted by atomic mass is 10.2. The minimum absolute atomic E-state index is 0.579. The number of rotatable bonds is 4. The average Bonchev–Trinajstić information content (AvgIpc) is 2.41. The van der Waals surface area contributed by atoms with Crippen molar-refractivity contribution in [3.8, 4) is 11.5 Å². The number of nitrogens with two attached hydrogens (primary N) is 1. The molecule has 0 atom stereocenters. The number of nitrogens with one attached hydrogen (secondary N) is 1. The second-order valence-corrected chi connectivity index (χ2v) is 3.63. The third kappa shape index (κ3) is 2.45. The molecule has 0 saturated carbocycles. The molecule has 5 heteroatoms. The summed E-state index contributed by atoms with van der Waals surface area (Å²) in [4.78, 5) is 4.17. The van der Waals surface area contributed by atoms with Gasteiger partial charge in [-0.3, -0.25) is 0 Å². The van der Waals surface area contributed by atoms with Crippen LogP contribution in [0.15, 0.2) is 36.5 Å². The molecule has 5 nitrogen and oxygen atoms in total. The molecule has 18 heavy (non-hydrogen) atoms. The van der Waals surface area contributed by atoms with Gasteiger partial charge in [-0.1, -0.05) is 0 Å². The van der Waals surface area contributed by atoms with E-state index in [1.165, 1.54) is 0 Å². The number of hydrogen-bond acceptors (Lipinski definition) is 5. The third-order valence-corrected chi connectivity index (χ3v) is 2.50. The lowest BCUT2D eigenvalue weighted by Gasteiger charge is -2.12. The summed E-state index contributed by atoms with van der Waals surface area (Å²) < 4.78 is 10.4. The summed E-state index contributed by atoms with van der Waals surface area (Å²) in [7, 11) is 3.21. The lowest BCUT2D eigenvalue weighted by Crippen LogP contribution is -2.00. The minimum atomic E-state index is 0.579. The van der Waals surface area contributed by atoms with Gasteiger partial charge in [0.15, 0.2) is 5.82 Å². The molecule has 94 valence electrons. The Kier molecular flexibility index (Phi) is 3.52. The number of nitrogens with zero attached hydrogens (tertiary/aromatic N) is 1. The van der Waals surface area contributed by atoms with E-state index in [1.54, 1.807) is 38.6 Å². The summed E-state index contributed by atoms with van der Waals surface area (Å²) >= 11 is 0. The average molecular weight is 245 g/mol. The Bertz CT molecular complexity index is 544. The Balaban J connectivity index is 2.32. The first-order chi connectivity index (χ1) is 8.74. The molecule has 0 unspecified atom stereocenters. The van der Waals surface area contributed by atoms with E-state index in [-0.39, 0.29) is 0 Å². The van der Waals surface area contributed by atoms with E-state index < -0.39 is 0 Å². The Hall–Kier alpha value is -2.43. The van der Waals surface area contributed by atoms with Crippen molar-refractivity contribution < 1.29 is 9.47 Å². The van der Waals surface area contributed by atoms with Crippen molar-refractivity contribution >= 4 is 17.2 Å². The van der Waals surface area contributed by atoms with E-state index in [9.17, 15) is 0 Å². The molecule has 0 radical (unpaired) electrons. The van der Waals surface area contributed by atoms with Crippen LogP contribution >= 0.6 is 0 Å². The maximum atomic E-state index is 5.83. The van der Waals surface area contributed by atoms with Gasteiger partial charge in [0.2, 0.25) is 0 Å². The molecule has 0 bridgehead atoms.